The normalized spacial score (nSPS) is 11.7. The van der Waals surface area contributed by atoms with Crippen molar-refractivity contribution in [3.05, 3.63) is 53.6 Å². The number of hydrogen-bond acceptors (Lipinski definition) is 3. The Labute approximate surface area is 162 Å². The second-order valence-electron chi connectivity index (χ2n) is 6.87. The molecule has 146 valence electrons. The SMILES string of the molecule is CCCOc1ccc(OCC[NH+](C)CC(=O)Nc2c(C)cccc2C)cc1. The van der Waals surface area contributed by atoms with Crippen LogP contribution in [0.2, 0.25) is 0 Å². The predicted octanol–water partition coefficient (Wildman–Crippen LogP) is 2.62. The maximum absolute atomic E-state index is 12.3. The Morgan fingerprint density at radius 3 is 2.07 bits per heavy atom. The van der Waals surface area contributed by atoms with Gasteiger partial charge in [0.25, 0.3) is 5.91 Å². The molecule has 1 atom stereocenters. The smallest absolute Gasteiger partial charge is 0.279 e. The molecule has 2 rings (SSSR count). The van der Waals surface area contributed by atoms with Crippen LogP contribution in [0.3, 0.4) is 0 Å². The summed E-state index contributed by atoms with van der Waals surface area (Å²) in [5.74, 6) is 1.68. The maximum Gasteiger partial charge on any atom is 0.279 e. The zero-order valence-corrected chi connectivity index (χ0v) is 16.8. The molecule has 1 unspecified atom stereocenters. The molecule has 27 heavy (non-hydrogen) atoms. The number of carbonyl (C=O) groups is 1. The number of quaternary nitrogens is 1. The highest BCUT2D eigenvalue weighted by atomic mass is 16.5. The summed E-state index contributed by atoms with van der Waals surface area (Å²) in [6, 6.07) is 13.7. The summed E-state index contributed by atoms with van der Waals surface area (Å²) in [6.45, 7) is 8.52. The van der Waals surface area contributed by atoms with Crippen LogP contribution in [-0.2, 0) is 4.79 Å². The van der Waals surface area contributed by atoms with Crippen LogP contribution in [0.4, 0.5) is 5.69 Å². The molecule has 0 bridgehead atoms. The third-order valence-corrected chi connectivity index (χ3v) is 4.30. The number of benzene rings is 2. The molecular formula is C22H31N2O3+. The van der Waals surface area contributed by atoms with Gasteiger partial charge < -0.3 is 19.7 Å². The van der Waals surface area contributed by atoms with E-state index in [1.807, 2.05) is 63.4 Å². The number of aryl methyl sites for hydroxylation is 2. The van der Waals surface area contributed by atoms with Crippen LogP contribution in [0, 0.1) is 13.8 Å². The summed E-state index contributed by atoms with van der Waals surface area (Å²) >= 11 is 0. The summed E-state index contributed by atoms with van der Waals surface area (Å²) in [7, 11) is 2.00. The van der Waals surface area contributed by atoms with E-state index in [-0.39, 0.29) is 5.91 Å². The zero-order valence-electron chi connectivity index (χ0n) is 16.8. The molecule has 0 radical (unpaired) electrons. The second-order valence-corrected chi connectivity index (χ2v) is 6.87. The molecular weight excluding hydrogens is 340 g/mol. The van der Waals surface area contributed by atoms with Gasteiger partial charge in [-0.25, -0.2) is 0 Å². The maximum atomic E-state index is 12.3. The number of para-hydroxylation sites is 1. The van der Waals surface area contributed by atoms with Crippen molar-refractivity contribution in [3.63, 3.8) is 0 Å². The number of anilines is 1. The van der Waals surface area contributed by atoms with Crippen molar-refractivity contribution in [2.45, 2.75) is 27.2 Å². The number of likely N-dealkylation sites (N-methyl/N-ethyl adjacent to an activating group) is 1. The summed E-state index contributed by atoms with van der Waals surface area (Å²) in [5.41, 5.74) is 3.07. The molecule has 0 heterocycles. The summed E-state index contributed by atoms with van der Waals surface area (Å²) in [4.78, 5) is 13.4. The van der Waals surface area contributed by atoms with Gasteiger partial charge in [0.15, 0.2) is 6.54 Å². The first-order chi connectivity index (χ1) is 13.0. The van der Waals surface area contributed by atoms with Crippen LogP contribution in [-0.4, -0.2) is 39.3 Å². The van der Waals surface area contributed by atoms with E-state index in [1.165, 1.54) is 0 Å². The zero-order chi connectivity index (χ0) is 19.6. The van der Waals surface area contributed by atoms with Crippen molar-refractivity contribution in [1.82, 2.24) is 0 Å². The third-order valence-electron chi connectivity index (χ3n) is 4.30. The quantitative estimate of drug-likeness (QED) is 0.675. The highest BCUT2D eigenvalue weighted by Gasteiger charge is 2.12. The Morgan fingerprint density at radius 2 is 1.52 bits per heavy atom. The molecule has 2 N–H and O–H groups in total. The van der Waals surface area contributed by atoms with E-state index in [0.29, 0.717) is 13.2 Å². The summed E-state index contributed by atoms with van der Waals surface area (Å²) in [6.07, 6.45) is 0.990. The molecule has 1 amide bonds. The standard InChI is InChI=1S/C22H30N2O3/c1-5-14-26-19-9-11-20(12-10-19)27-15-13-24(4)16-21(25)23-22-17(2)7-6-8-18(22)3/h6-12H,5,13-16H2,1-4H3,(H,23,25)/p+1. The molecule has 0 aliphatic rings. The summed E-state index contributed by atoms with van der Waals surface area (Å²) in [5, 5.41) is 3.03. The molecule has 5 heteroatoms. The fourth-order valence-corrected chi connectivity index (χ4v) is 2.75. The van der Waals surface area contributed by atoms with Gasteiger partial charge in [-0.05, 0) is 55.7 Å². The Kier molecular flexibility index (Phi) is 8.14. The van der Waals surface area contributed by atoms with E-state index in [0.717, 1.165) is 52.8 Å². The average Bonchev–Trinajstić information content (AvgIpc) is 2.64. The van der Waals surface area contributed by atoms with Gasteiger partial charge >= 0.3 is 0 Å². The first kappa shape index (κ1) is 20.8. The van der Waals surface area contributed by atoms with Crippen molar-refractivity contribution in [3.8, 4) is 11.5 Å². The first-order valence-corrected chi connectivity index (χ1v) is 9.52. The van der Waals surface area contributed by atoms with Crippen molar-refractivity contribution >= 4 is 11.6 Å². The lowest BCUT2D eigenvalue weighted by molar-refractivity contribution is -0.871. The van der Waals surface area contributed by atoms with Crippen molar-refractivity contribution in [1.29, 1.82) is 0 Å². The lowest BCUT2D eigenvalue weighted by Crippen LogP contribution is -3.10. The van der Waals surface area contributed by atoms with Crippen LogP contribution in [0.5, 0.6) is 11.5 Å². The van der Waals surface area contributed by atoms with Gasteiger partial charge in [0, 0.05) is 5.69 Å². The van der Waals surface area contributed by atoms with E-state index in [1.54, 1.807) is 0 Å². The fourth-order valence-electron chi connectivity index (χ4n) is 2.75. The third kappa shape index (κ3) is 6.94. The summed E-state index contributed by atoms with van der Waals surface area (Å²) < 4.78 is 11.3. The average molecular weight is 372 g/mol. The number of carbonyl (C=O) groups excluding carboxylic acids is 1. The van der Waals surface area contributed by atoms with Crippen LogP contribution < -0.4 is 19.7 Å². The largest absolute Gasteiger partial charge is 0.494 e. The Balaban J connectivity index is 1.72. The number of ether oxygens (including phenoxy) is 2. The molecule has 5 nitrogen and oxygen atoms in total. The Bertz CT molecular complexity index is 709. The van der Waals surface area contributed by atoms with Crippen LogP contribution >= 0.6 is 0 Å². The number of nitrogens with one attached hydrogen (secondary N) is 2. The van der Waals surface area contributed by atoms with Gasteiger partial charge in [0.2, 0.25) is 0 Å². The minimum absolute atomic E-state index is 0.0160. The van der Waals surface area contributed by atoms with Crippen LogP contribution in [0.1, 0.15) is 24.5 Å². The Morgan fingerprint density at radius 1 is 0.963 bits per heavy atom. The lowest BCUT2D eigenvalue weighted by atomic mass is 10.1. The predicted molar refractivity (Wildman–Crippen MR) is 109 cm³/mol. The fraction of sp³-hybridized carbons (Fsp3) is 0.409. The van der Waals surface area contributed by atoms with E-state index in [2.05, 4.69) is 12.2 Å². The molecule has 0 fully saturated rings. The minimum Gasteiger partial charge on any atom is -0.494 e. The molecule has 0 saturated heterocycles. The molecule has 2 aromatic rings. The molecule has 0 aliphatic carbocycles. The van der Waals surface area contributed by atoms with E-state index >= 15 is 0 Å². The van der Waals surface area contributed by atoms with Crippen LogP contribution in [0.15, 0.2) is 42.5 Å². The monoisotopic (exact) mass is 371 g/mol. The van der Waals surface area contributed by atoms with E-state index < -0.39 is 0 Å². The minimum atomic E-state index is 0.0160. The lowest BCUT2D eigenvalue weighted by Gasteiger charge is -2.16. The number of amides is 1. The highest BCUT2D eigenvalue weighted by Crippen LogP contribution is 2.19. The second kappa shape index (κ2) is 10.6. The highest BCUT2D eigenvalue weighted by molar-refractivity contribution is 5.93. The molecule has 0 spiro atoms. The first-order valence-electron chi connectivity index (χ1n) is 9.52. The molecule has 0 saturated carbocycles. The topological polar surface area (TPSA) is 52.0 Å². The number of rotatable bonds is 10. The molecule has 0 aliphatic heterocycles. The molecule has 2 aromatic carbocycles. The Hall–Kier alpha value is -2.53. The molecule has 0 aromatic heterocycles. The van der Waals surface area contributed by atoms with Crippen molar-refractivity contribution < 1.29 is 19.2 Å². The van der Waals surface area contributed by atoms with E-state index in [9.17, 15) is 4.79 Å². The van der Waals surface area contributed by atoms with Gasteiger partial charge in [-0.2, -0.15) is 0 Å². The van der Waals surface area contributed by atoms with Crippen LogP contribution in [0.25, 0.3) is 0 Å². The van der Waals surface area contributed by atoms with Gasteiger partial charge in [-0.3, -0.25) is 4.79 Å². The van der Waals surface area contributed by atoms with Gasteiger partial charge in [-0.15, -0.1) is 0 Å². The van der Waals surface area contributed by atoms with Gasteiger partial charge in [0.05, 0.1) is 13.7 Å². The van der Waals surface area contributed by atoms with E-state index in [4.69, 9.17) is 9.47 Å². The van der Waals surface area contributed by atoms with Gasteiger partial charge in [0.1, 0.15) is 24.7 Å². The van der Waals surface area contributed by atoms with Gasteiger partial charge in [-0.1, -0.05) is 25.1 Å². The van der Waals surface area contributed by atoms with Crippen molar-refractivity contribution in [2.24, 2.45) is 0 Å². The van der Waals surface area contributed by atoms with Crippen molar-refractivity contribution in [2.75, 3.05) is 38.7 Å². The number of hydrogen-bond donors (Lipinski definition) is 2.